The molecule has 0 saturated carbocycles. The standard InChI is InChI=1S/C20H37NO4/c1-3-4-5-6-7-8-9-10-11-12-20(24)25-18-13-15-21(2,16-14-18)17-19(22)23/h18H,3-17H2,1-2H3. The first-order valence-corrected chi connectivity index (χ1v) is 10.2. The highest BCUT2D eigenvalue weighted by Crippen LogP contribution is 2.20. The van der Waals surface area contributed by atoms with Gasteiger partial charge in [0.15, 0.2) is 0 Å². The molecule has 0 aromatic heterocycles. The average molecular weight is 356 g/mol. The lowest BCUT2D eigenvalue weighted by Gasteiger charge is -2.40. The lowest BCUT2D eigenvalue weighted by Crippen LogP contribution is -2.56. The third kappa shape index (κ3) is 10.5. The van der Waals surface area contributed by atoms with E-state index in [2.05, 4.69) is 6.92 Å². The van der Waals surface area contributed by atoms with E-state index in [0.717, 1.165) is 38.8 Å². The lowest BCUT2D eigenvalue weighted by atomic mass is 10.0. The maximum Gasteiger partial charge on any atom is 0.306 e. The van der Waals surface area contributed by atoms with E-state index in [1.54, 1.807) is 0 Å². The van der Waals surface area contributed by atoms with Gasteiger partial charge in [0.25, 0.3) is 0 Å². The highest BCUT2D eigenvalue weighted by Gasteiger charge is 2.31. The van der Waals surface area contributed by atoms with Crippen LogP contribution in [0.15, 0.2) is 0 Å². The topological polar surface area (TPSA) is 66.4 Å². The molecule has 1 aliphatic heterocycles. The number of ether oxygens (including phenoxy) is 1. The molecular formula is C20H37NO4. The number of hydrogen-bond donors (Lipinski definition) is 0. The molecule has 0 bridgehead atoms. The smallest absolute Gasteiger partial charge is 0.306 e. The molecule has 0 radical (unpaired) electrons. The third-order valence-electron chi connectivity index (χ3n) is 5.28. The van der Waals surface area contributed by atoms with E-state index >= 15 is 0 Å². The number of likely N-dealkylation sites (N-methyl/N-ethyl adjacent to an activating group) is 1. The second kappa shape index (κ2) is 12.3. The summed E-state index contributed by atoms with van der Waals surface area (Å²) in [6, 6.07) is 0. The van der Waals surface area contributed by atoms with Crippen LogP contribution in [0.3, 0.4) is 0 Å². The van der Waals surface area contributed by atoms with Crippen molar-refractivity contribution in [3.05, 3.63) is 0 Å². The second-order valence-corrected chi connectivity index (χ2v) is 7.86. The molecule has 0 aromatic carbocycles. The fraction of sp³-hybridized carbons (Fsp3) is 0.900. The molecule has 1 rings (SSSR count). The molecule has 1 fully saturated rings. The van der Waals surface area contributed by atoms with E-state index in [1.165, 1.54) is 44.9 Å². The quantitative estimate of drug-likeness (QED) is 0.289. The first kappa shape index (κ1) is 21.9. The largest absolute Gasteiger partial charge is 0.544 e. The maximum absolute atomic E-state index is 11.9. The van der Waals surface area contributed by atoms with E-state index in [1.807, 2.05) is 7.05 Å². The van der Waals surface area contributed by atoms with Crippen LogP contribution in [-0.4, -0.2) is 49.2 Å². The van der Waals surface area contributed by atoms with Crippen LogP contribution in [0.2, 0.25) is 0 Å². The summed E-state index contributed by atoms with van der Waals surface area (Å²) in [4.78, 5) is 22.7. The van der Waals surface area contributed by atoms with Gasteiger partial charge in [-0.05, 0) is 6.42 Å². The maximum atomic E-state index is 11.9. The Labute approximate surface area is 153 Å². The van der Waals surface area contributed by atoms with Gasteiger partial charge in [0, 0.05) is 19.3 Å². The zero-order valence-corrected chi connectivity index (χ0v) is 16.3. The molecule has 0 atom stereocenters. The minimum Gasteiger partial charge on any atom is -0.544 e. The van der Waals surface area contributed by atoms with E-state index in [0.29, 0.717) is 10.9 Å². The van der Waals surface area contributed by atoms with Crippen LogP contribution in [0.4, 0.5) is 0 Å². The first-order chi connectivity index (χ1) is 11.9. The first-order valence-electron chi connectivity index (χ1n) is 10.2. The number of carbonyl (C=O) groups is 2. The number of aliphatic carboxylic acids is 1. The number of nitrogens with zero attached hydrogens (tertiary/aromatic N) is 1. The molecule has 0 aromatic rings. The van der Waals surface area contributed by atoms with Gasteiger partial charge in [-0.2, -0.15) is 0 Å². The predicted octanol–water partition coefficient (Wildman–Crippen LogP) is 2.81. The second-order valence-electron chi connectivity index (χ2n) is 7.86. The summed E-state index contributed by atoms with van der Waals surface area (Å²) in [6.07, 6.45) is 13.1. The Bertz CT molecular complexity index is 389. The van der Waals surface area contributed by atoms with Crippen molar-refractivity contribution < 1.29 is 23.9 Å². The van der Waals surface area contributed by atoms with Crippen molar-refractivity contribution in [3.8, 4) is 0 Å². The molecule has 1 heterocycles. The molecule has 25 heavy (non-hydrogen) atoms. The number of carboxylic acid groups (broad SMARTS) is 1. The van der Waals surface area contributed by atoms with Crippen molar-refractivity contribution in [2.45, 2.75) is 90.1 Å². The monoisotopic (exact) mass is 355 g/mol. The highest BCUT2D eigenvalue weighted by atomic mass is 16.5. The summed E-state index contributed by atoms with van der Waals surface area (Å²) < 4.78 is 6.03. The van der Waals surface area contributed by atoms with Crippen LogP contribution >= 0.6 is 0 Å². The van der Waals surface area contributed by atoms with Crippen molar-refractivity contribution in [1.29, 1.82) is 0 Å². The molecule has 1 aliphatic rings. The molecule has 0 unspecified atom stereocenters. The number of likely N-dealkylation sites (tertiary alicyclic amines) is 1. The minimum atomic E-state index is -1.01. The molecule has 146 valence electrons. The van der Waals surface area contributed by atoms with Crippen LogP contribution in [0.1, 0.15) is 84.0 Å². The molecule has 5 nitrogen and oxygen atoms in total. The van der Waals surface area contributed by atoms with Crippen LogP contribution in [0.5, 0.6) is 0 Å². The zero-order chi connectivity index (χ0) is 18.5. The molecule has 5 heteroatoms. The van der Waals surface area contributed by atoms with Gasteiger partial charge in [0.2, 0.25) is 0 Å². The average Bonchev–Trinajstić information content (AvgIpc) is 2.55. The Balaban J connectivity index is 2.01. The van der Waals surface area contributed by atoms with Crippen molar-refractivity contribution in [1.82, 2.24) is 0 Å². The van der Waals surface area contributed by atoms with E-state index < -0.39 is 5.97 Å². The summed E-state index contributed by atoms with van der Waals surface area (Å²) in [7, 11) is 1.93. The van der Waals surface area contributed by atoms with Crippen molar-refractivity contribution in [2.75, 3.05) is 26.7 Å². The number of carboxylic acids is 1. The summed E-state index contributed by atoms with van der Waals surface area (Å²) in [6.45, 7) is 3.73. The van der Waals surface area contributed by atoms with Gasteiger partial charge in [0.1, 0.15) is 12.6 Å². The van der Waals surface area contributed by atoms with Gasteiger partial charge in [-0.15, -0.1) is 0 Å². The van der Waals surface area contributed by atoms with Gasteiger partial charge < -0.3 is 19.1 Å². The summed E-state index contributed by atoms with van der Waals surface area (Å²) in [5.41, 5.74) is 0. The van der Waals surface area contributed by atoms with Crippen LogP contribution in [0, 0.1) is 0 Å². The van der Waals surface area contributed by atoms with E-state index in [-0.39, 0.29) is 18.6 Å². The van der Waals surface area contributed by atoms with Crippen molar-refractivity contribution in [2.24, 2.45) is 0 Å². The molecule has 0 amide bonds. The van der Waals surface area contributed by atoms with Gasteiger partial charge in [-0.1, -0.05) is 58.3 Å². The number of hydrogen-bond acceptors (Lipinski definition) is 4. The summed E-state index contributed by atoms with van der Waals surface area (Å²) in [5, 5.41) is 10.8. The lowest BCUT2D eigenvalue weighted by molar-refractivity contribution is -0.909. The summed E-state index contributed by atoms with van der Waals surface area (Å²) >= 11 is 0. The van der Waals surface area contributed by atoms with E-state index in [9.17, 15) is 14.7 Å². The number of rotatable bonds is 13. The molecular weight excluding hydrogens is 318 g/mol. The van der Waals surface area contributed by atoms with Crippen LogP contribution < -0.4 is 5.11 Å². The fourth-order valence-corrected chi connectivity index (χ4v) is 3.58. The molecule has 0 spiro atoms. The Morgan fingerprint density at radius 3 is 2.00 bits per heavy atom. The molecule has 0 aliphatic carbocycles. The van der Waals surface area contributed by atoms with Crippen molar-refractivity contribution >= 4 is 11.9 Å². The fourth-order valence-electron chi connectivity index (χ4n) is 3.58. The van der Waals surface area contributed by atoms with Gasteiger partial charge in [-0.25, -0.2) is 0 Å². The summed E-state index contributed by atoms with van der Waals surface area (Å²) in [5.74, 6) is -1.10. The number of carbonyl (C=O) groups excluding carboxylic acids is 2. The Kier molecular flexibility index (Phi) is 10.8. The predicted molar refractivity (Wildman–Crippen MR) is 96.8 cm³/mol. The van der Waals surface area contributed by atoms with Crippen LogP contribution in [-0.2, 0) is 14.3 Å². The Morgan fingerprint density at radius 2 is 1.48 bits per heavy atom. The van der Waals surface area contributed by atoms with Crippen LogP contribution in [0.25, 0.3) is 0 Å². The minimum absolute atomic E-state index is 0.0408. The van der Waals surface area contributed by atoms with Crippen molar-refractivity contribution in [3.63, 3.8) is 0 Å². The highest BCUT2D eigenvalue weighted by molar-refractivity contribution is 5.69. The van der Waals surface area contributed by atoms with Gasteiger partial charge in [-0.3, -0.25) is 4.79 Å². The zero-order valence-electron chi connectivity index (χ0n) is 16.3. The number of esters is 1. The number of unbranched alkanes of at least 4 members (excludes halogenated alkanes) is 8. The third-order valence-corrected chi connectivity index (χ3v) is 5.28. The number of piperidine rings is 1. The van der Waals surface area contributed by atoms with Gasteiger partial charge in [0.05, 0.1) is 26.1 Å². The van der Waals surface area contributed by atoms with Gasteiger partial charge >= 0.3 is 5.97 Å². The molecule has 1 saturated heterocycles. The normalized spacial score (nSPS) is 23.4. The SMILES string of the molecule is CCCCCCCCCCCC(=O)OC1CC[N+](C)(CC(=O)[O-])CC1. The number of quaternary nitrogens is 1. The molecule has 0 N–H and O–H groups in total. The van der Waals surface area contributed by atoms with E-state index in [4.69, 9.17) is 4.74 Å². The Morgan fingerprint density at radius 1 is 0.960 bits per heavy atom. The Hall–Kier alpha value is -1.10.